The van der Waals surface area contributed by atoms with Crippen LogP contribution in [0.3, 0.4) is 0 Å². The van der Waals surface area contributed by atoms with Crippen molar-refractivity contribution >= 4 is 5.91 Å². The van der Waals surface area contributed by atoms with E-state index in [9.17, 15) is 4.79 Å². The van der Waals surface area contributed by atoms with E-state index in [2.05, 4.69) is 23.6 Å². The molecule has 0 N–H and O–H groups in total. The molecule has 2 saturated heterocycles. The average Bonchev–Trinajstić information content (AvgIpc) is 2.61. The van der Waals surface area contributed by atoms with Gasteiger partial charge in [-0.15, -0.1) is 0 Å². The van der Waals surface area contributed by atoms with Gasteiger partial charge in [-0.25, -0.2) is 0 Å². The van der Waals surface area contributed by atoms with E-state index in [1.807, 2.05) is 6.92 Å². The molecule has 0 aromatic heterocycles. The Morgan fingerprint density at radius 3 is 2.46 bits per heavy atom. The number of carbonyl (C=O) groups is 1. The Bertz CT molecular complexity index is 378. The van der Waals surface area contributed by atoms with Gasteiger partial charge >= 0.3 is 0 Å². The number of amides is 1. The van der Waals surface area contributed by atoms with E-state index < -0.39 is 0 Å². The average molecular weight is 339 g/mol. The van der Waals surface area contributed by atoms with Gasteiger partial charge in [0.25, 0.3) is 0 Å². The molecule has 2 aliphatic heterocycles. The Balaban J connectivity index is 1.75. The minimum atomic E-state index is 0.00784. The first kappa shape index (κ1) is 19.7. The number of morpholine rings is 1. The molecule has 0 aliphatic carbocycles. The van der Waals surface area contributed by atoms with Gasteiger partial charge < -0.3 is 9.64 Å². The largest absolute Gasteiger partial charge is 0.372 e. The summed E-state index contributed by atoms with van der Waals surface area (Å²) in [5, 5.41) is 0. The van der Waals surface area contributed by atoms with Crippen LogP contribution >= 0.6 is 0 Å². The maximum absolute atomic E-state index is 12.4. The third-order valence-electron chi connectivity index (χ3n) is 5.93. The van der Waals surface area contributed by atoms with Crippen LogP contribution in [0.25, 0.3) is 0 Å². The summed E-state index contributed by atoms with van der Waals surface area (Å²) in [6.45, 7) is 12.3. The van der Waals surface area contributed by atoms with E-state index >= 15 is 0 Å². The number of nitrogens with zero attached hydrogens (tertiary/aromatic N) is 2. The maximum atomic E-state index is 12.4. The Morgan fingerprint density at radius 1 is 1.08 bits per heavy atom. The third kappa shape index (κ3) is 5.45. The molecule has 1 atom stereocenters. The number of piperidine rings is 1. The van der Waals surface area contributed by atoms with E-state index in [0.29, 0.717) is 5.91 Å². The molecular weight excluding hydrogens is 300 g/mol. The fourth-order valence-electron chi connectivity index (χ4n) is 3.98. The van der Waals surface area contributed by atoms with Crippen LogP contribution in [0.4, 0.5) is 0 Å². The van der Waals surface area contributed by atoms with E-state index in [1.54, 1.807) is 0 Å². The van der Waals surface area contributed by atoms with Crippen molar-refractivity contribution in [2.24, 2.45) is 5.92 Å². The molecule has 4 heteroatoms. The smallest absolute Gasteiger partial charge is 0.225 e. The van der Waals surface area contributed by atoms with Gasteiger partial charge in [-0.2, -0.15) is 0 Å². The zero-order valence-electron chi connectivity index (χ0n) is 16.2. The van der Waals surface area contributed by atoms with Crippen molar-refractivity contribution in [2.75, 3.05) is 39.3 Å². The number of likely N-dealkylation sites (tertiary alicyclic amines) is 1. The van der Waals surface area contributed by atoms with E-state index in [-0.39, 0.29) is 11.5 Å². The molecule has 0 aromatic rings. The summed E-state index contributed by atoms with van der Waals surface area (Å²) >= 11 is 0. The highest BCUT2D eigenvalue weighted by atomic mass is 16.5. The summed E-state index contributed by atoms with van der Waals surface area (Å²) in [6, 6.07) is 0. The summed E-state index contributed by atoms with van der Waals surface area (Å²) in [4.78, 5) is 17.0. The van der Waals surface area contributed by atoms with Crippen LogP contribution in [0, 0.1) is 5.92 Å². The van der Waals surface area contributed by atoms with Crippen LogP contribution in [0.2, 0.25) is 0 Å². The van der Waals surface area contributed by atoms with Gasteiger partial charge in [0.15, 0.2) is 0 Å². The Hall–Kier alpha value is -0.610. The molecule has 0 radical (unpaired) electrons. The first-order valence-corrected chi connectivity index (χ1v) is 10.3. The lowest BCUT2D eigenvalue weighted by atomic mass is 9.88. The fourth-order valence-corrected chi connectivity index (χ4v) is 3.98. The molecule has 1 spiro atoms. The van der Waals surface area contributed by atoms with Crippen molar-refractivity contribution in [1.82, 2.24) is 9.80 Å². The van der Waals surface area contributed by atoms with Crippen LogP contribution in [0.15, 0.2) is 0 Å². The summed E-state index contributed by atoms with van der Waals surface area (Å²) < 4.78 is 6.22. The Kier molecular flexibility index (Phi) is 8.02. The van der Waals surface area contributed by atoms with Crippen LogP contribution in [0.5, 0.6) is 0 Å². The van der Waals surface area contributed by atoms with Crippen molar-refractivity contribution in [3.63, 3.8) is 0 Å². The lowest BCUT2D eigenvalue weighted by molar-refractivity contribution is -0.153. The molecule has 4 nitrogen and oxygen atoms in total. The number of hydrogen-bond donors (Lipinski definition) is 0. The van der Waals surface area contributed by atoms with Crippen LogP contribution < -0.4 is 0 Å². The van der Waals surface area contributed by atoms with Crippen molar-refractivity contribution in [2.45, 2.75) is 77.7 Å². The van der Waals surface area contributed by atoms with Gasteiger partial charge in [0.05, 0.1) is 12.2 Å². The minimum absolute atomic E-state index is 0.00784. The summed E-state index contributed by atoms with van der Waals surface area (Å²) in [6.07, 6.45) is 9.66. The van der Waals surface area contributed by atoms with Crippen molar-refractivity contribution < 1.29 is 9.53 Å². The van der Waals surface area contributed by atoms with Gasteiger partial charge in [0, 0.05) is 32.1 Å². The minimum Gasteiger partial charge on any atom is -0.372 e. The number of rotatable bonds is 8. The first-order valence-electron chi connectivity index (χ1n) is 10.3. The molecule has 2 heterocycles. The SMILES string of the molecule is CCCCCCCN1CCOC2(CCN(C(=O)C(C)CC)CC2)C1. The van der Waals surface area contributed by atoms with E-state index in [4.69, 9.17) is 4.74 Å². The maximum Gasteiger partial charge on any atom is 0.225 e. The van der Waals surface area contributed by atoms with Crippen LogP contribution in [-0.2, 0) is 9.53 Å². The molecule has 0 saturated carbocycles. The quantitative estimate of drug-likeness (QED) is 0.633. The van der Waals surface area contributed by atoms with Crippen molar-refractivity contribution in [3.8, 4) is 0 Å². The Labute approximate surface area is 148 Å². The second-order valence-electron chi connectivity index (χ2n) is 7.86. The number of unbranched alkanes of at least 4 members (excludes halogenated alkanes) is 4. The molecule has 2 rings (SSSR count). The van der Waals surface area contributed by atoms with Crippen LogP contribution in [-0.4, -0.2) is 60.6 Å². The molecule has 1 amide bonds. The summed E-state index contributed by atoms with van der Waals surface area (Å²) in [5.41, 5.74) is 0.00784. The fraction of sp³-hybridized carbons (Fsp3) is 0.950. The number of carbonyl (C=O) groups excluding carboxylic acids is 1. The predicted molar refractivity (Wildman–Crippen MR) is 99.2 cm³/mol. The monoisotopic (exact) mass is 338 g/mol. The lowest BCUT2D eigenvalue weighted by Gasteiger charge is -2.47. The topological polar surface area (TPSA) is 32.8 Å². The summed E-state index contributed by atoms with van der Waals surface area (Å²) in [5.74, 6) is 0.488. The molecule has 0 bridgehead atoms. The highest BCUT2D eigenvalue weighted by Gasteiger charge is 2.40. The van der Waals surface area contributed by atoms with Gasteiger partial charge in [-0.1, -0.05) is 46.5 Å². The lowest BCUT2D eigenvalue weighted by Crippen LogP contribution is -2.58. The second-order valence-corrected chi connectivity index (χ2v) is 7.86. The van der Waals surface area contributed by atoms with Gasteiger partial charge in [-0.3, -0.25) is 9.69 Å². The highest BCUT2D eigenvalue weighted by Crippen LogP contribution is 2.31. The van der Waals surface area contributed by atoms with Crippen LogP contribution in [0.1, 0.15) is 72.1 Å². The van der Waals surface area contributed by atoms with E-state index in [0.717, 1.165) is 52.0 Å². The van der Waals surface area contributed by atoms with Gasteiger partial charge in [0.1, 0.15) is 0 Å². The summed E-state index contributed by atoms with van der Waals surface area (Å²) in [7, 11) is 0. The third-order valence-corrected chi connectivity index (χ3v) is 5.93. The molecule has 24 heavy (non-hydrogen) atoms. The number of ether oxygens (including phenoxy) is 1. The normalized spacial score (nSPS) is 22.7. The Morgan fingerprint density at radius 2 is 1.79 bits per heavy atom. The zero-order valence-corrected chi connectivity index (χ0v) is 16.2. The standard InChI is InChI=1S/C20H38N2O2/c1-4-6-7-8-9-12-21-15-16-24-20(17-21)10-13-22(14-11-20)19(23)18(3)5-2/h18H,4-17H2,1-3H3. The van der Waals surface area contributed by atoms with E-state index in [1.165, 1.54) is 38.6 Å². The molecule has 140 valence electrons. The number of hydrogen-bond acceptors (Lipinski definition) is 3. The molecular formula is C20H38N2O2. The van der Waals surface area contributed by atoms with Crippen molar-refractivity contribution in [3.05, 3.63) is 0 Å². The molecule has 2 aliphatic rings. The first-order chi connectivity index (χ1) is 11.6. The van der Waals surface area contributed by atoms with Crippen molar-refractivity contribution in [1.29, 1.82) is 0 Å². The predicted octanol–water partition coefficient (Wildman–Crippen LogP) is 3.70. The van der Waals surface area contributed by atoms with Gasteiger partial charge in [-0.05, 0) is 32.2 Å². The highest BCUT2D eigenvalue weighted by molar-refractivity contribution is 5.78. The molecule has 0 aromatic carbocycles. The molecule has 1 unspecified atom stereocenters. The zero-order chi connectivity index (χ0) is 17.4. The second kappa shape index (κ2) is 9.76. The molecule has 2 fully saturated rings. The van der Waals surface area contributed by atoms with Gasteiger partial charge in [0.2, 0.25) is 5.91 Å².